The standard InChI is InChI=1S/C11H19NO3/c1-3-11(14)12-8-6-4-5-7-9-15-10(2)13/h3H,1,4-9H2,2H3,(H,12,14). The molecule has 0 aromatic rings. The van der Waals surface area contributed by atoms with Crippen LogP contribution in [0.5, 0.6) is 0 Å². The minimum Gasteiger partial charge on any atom is -0.466 e. The molecule has 4 heteroatoms. The highest BCUT2D eigenvalue weighted by Gasteiger charge is 1.95. The lowest BCUT2D eigenvalue weighted by molar-refractivity contribution is -0.141. The van der Waals surface area contributed by atoms with E-state index in [0.717, 1.165) is 25.7 Å². The molecule has 0 bridgehead atoms. The summed E-state index contributed by atoms with van der Waals surface area (Å²) in [6, 6.07) is 0. The Labute approximate surface area is 90.7 Å². The third kappa shape index (κ3) is 10.6. The fourth-order valence-corrected chi connectivity index (χ4v) is 1.08. The predicted octanol–water partition coefficient (Wildman–Crippen LogP) is 1.41. The molecule has 15 heavy (non-hydrogen) atoms. The zero-order chi connectivity index (χ0) is 11.5. The van der Waals surface area contributed by atoms with Crippen LogP contribution < -0.4 is 5.32 Å². The van der Waals surface area contributed by atoms with Crippen LogP contribution in [-0.2, 0) is 14.3 Å². The maximum absolute atomic E-state index is 10.7. The van der Waals surface area contributed by atoms with E-state index >= 15 is 0 Å². The van der Waals surface area contributed by atoms with Crippen LogP contribution in [0.3, 0.4) is 0 Å². The molecular weight excluding hydrogens is 194 g/mol. The van der Waals surface area contributed by atoms with E-state index in [0.29, 0.717) is 13.2 Å². The largest absolute Gasteiger partial charge is 0.466 e. The van der Waals surface area contributed by atoms with Gasteiger partial charge in [-0.2, -0.15) is 0 Å². The Balaban J connectivity index is 3.08. The molecule has 0 rings (SSSR count). The fraction of sp³-hybridized carbons (Fsp3) is 0.636. The summed E-state index contributed by atoms with van der Waals surface area (Å²) in [6.45, 7) is 5.94. The first-order chi connectivity index (χ1) is 7.16. The van der Waals surface area contributed by atoms with Crippen molar-refractivity contribution in [1.82, 2.24) is 5.32 Å². The number of carbonyl (C=O) groups is 2. The van der Waals surface area contributed by atoms with Gasteiger partial charge in [0.15, 0.2) is 0 Å². The first kappa shape index (κ1) is 13.7. The molecule has 1 N–H and O–H groups in total. The van der Waals surface area contributed by atoms with Gasteiger partial charge in [-0.05, 0) is 25.3 Å². The Bertz CT molecular complexity index is 214. The van der Waals surface area contributed by atoms with Gasteiger partial charge in [-0.15, -0.1) is 0 Å². The van der Waals surface area contributed by atoms with E-state index in [2.05, 4.69) is 11.9 Å². The number of hydrogen-bond donors (Lipinski definition) is 1. The van der Waals surface area contributed by atoms with Crippen LogP contribution in [0.25, 0.3) is 0 Å². The monoisotopic (exact) mass is 213 g/mol. The number of carbonyl (C=O) groups excluding carboxylic acids is 2. The molecule has 4 nitrogen and oxygen atoms in total. The van der Waals surface area contributed by atoms with Crippen molar-refractivity contribution in [3.8, 4) is 0 Å². The van der Waals surface area contributed by atoms with Crippen LogP contribution in [0.2, 0.25) is 0 Å². The van der Waals surface area contributed by atoms with Crippen LogP contribution >= 0.6 is 0 Å². The molecular formula is C11H19NO3. The van der Waals surface area contributed by atoms with E-state index in [9.17, 15) is 9.59 Å². The van der Waals surface area contributed by atoms with Crippen LogP contribution in [0.1, 0.15) is 32.6 Å². The average molecular weight is 213 g/mol. The van der Waals surface area contributed by atoms with Crippen LogP contribution in [0, 0.1) is 0 Å². The van der Waals surface area contributed by atoms with Crippen molar-refractivity contribution in [3.05, 3.63) is 12.7 Å². The molecule has 0 heterocycles. The van der Waals surface area contributed by atoms with E-state index in [1.807, 2.05) is 0 Å². The summed E-state index contributed by atoms with van der Waals surface area (Å²) >= 11 is 0. The number of esters is 1. The fourth-order valence-electron chi connectivity index (χ4n) is 1.08. The first-order valence-electron chi connectivity index (χ1n) is 5.20. The van der Waals surface area contributed by atoms with Crippen molar-refractivity contribution in [2.24, 2.45) is 0 Å². The van der Waals surface area contributed by atoms with Gasteiger partial charge in [-0.1, -0.05) is 13.0 Å². The smallest absolute Gasteiger partial charge is 0.302 e. The zero-order valence-corrected chi connectivity index (χ0v) is 9.25. The van der Waals surface area contributed by atoms with Crippen LogP contribution in [0.15, 0.2) is 12.7 Å². The zero-order valence-electron chi connectivity index (χ0n) is 9.25. The summed E-state index contributed by atoms with van der Waals surface area (Å²) in [7, 11) is 0. The number of unbranched alkanes of at least 4 members (excludes halogenated alkanes) is 3. The van der Waals surface area contributed by atoms with Gasteiger partial charge < -0.3 is 10.1 Å². The lowest BCUT2D eigenvalue weighted by Crippen LogP contribution is -2.21. The first-order valence-corrected chi connectivity index (χ1v) is 5.20. The minimum absolute atomic E-state index is 0.130. The molecule has 0 aliphatic carbocycles. The van der Waals surface area contributed by atoms with Gasteiger partial charge in [0.05, 0.1) is 6.61 Å². The second-order valence-electron chi connectivity index (χ2n) is 3.25. The highest BCUT2D eigenvalue weighted by molar-refractivity contribution is 5.86. The topological polar surface area (TPSA) is 55.4 Å². The third-order valence-corrected chi connectivity index (χ3v) is 1.86. The average Bonchev–Trinajstić information content (AvgIpc) is 2.21. The van der Waals surface area contributed by atoms with Crippen molar-refractivity contribution >= 4 is 11.9 Å². The Hall–Kier alpha value is -1.32. The molecule has 0 aromatic carbocycles. The Morgan fingerprint density at radius 3 is 2.53 bits per heavy atom. The van der Waals surface area contributed by atoms with E-state index in [4.69, 9.17) is 4.74 Å². The summed E-state index contributed by atoms with van der Waals surface area (Å²) in [5.74, 6) is -0.358. The summed E-state index contributed by atoms with van der Waals surface area (Å²) in [4.78, 5) is 21.1. The molecule has 0 aromatic heterocycles. The summed E-state index contributed by atoms with van der Waals surface area (Å²) in [5.41, 5.74) is 0. The maximum Gasteiger partial charge on any atom is 0.302 e. The molecule has 0 atom stereocenters. The highest BCUT2D eigenvalue weighted by Crippen LogP contribution is 1.99. The van der Waals surface area contributed by atoms with Gasteiger partial charge in [0.1, 0.15) is 0 Å². The molecule has 0 saturated heterocycles. The normalized spacial score (nSPS) is 9.40. The van der Waals surface area contributed by atoms with Crippen LogP contribution in [0.4, 0.5) is 0 Å². The van der Waals surface area contributed by atoms with Gasteiger partial charge >= 0.3 is 5.97 Å². The Morgan fingerprint density at radius 2 is 1.93 bits per heavy atom. The van der Waals surface area contributed by atoms with Crippen molar-refractivity contribution in [3.63, 3.8) is 0 Å². The summed E-state index contributed by atoms with van der Waals surface area (Å²) < 4.78 is 4.78. The molecule has 0 radical (unpaired) electrons. The van der Waals surface area contributed by atoms with Crippen molar-refractivity contribution < 1.29 is 14.3 Å². The van der Waals surface area contributed by atoms with E-state index in [1.165, 1.54) is 13.0 Å². The number of ether oxygens (including phenoxy) is 1. The Morgan fingerprint density at radius 1 is 1.27 bits per heavy atom. The molecule has 1 amide bonds. The summed E-state index contributed by atoms with van der Waals surface area (Å²) in [6.07, 6.45) is 5.13. The lowest BCUT2D eigenvalue weighted by Gasteiger charge is -2.03. The van der Waals surface area contributed by atoms with E-state index in [-0.39, 0.29) is 11.9 Å². The van der Waals surface area contributed by atoms with E-state index in [1.54, 1.807) is 0 Å². The lowest BCUT2D eigenvalue weighted by atomic mass is 10.2. The number of nitrogens with one attached hydrogen (secondary N) is 1. The van der Waals surface area contributed by atoms with Crippen LogP contribution in [-0.4, -0.2) is 25.0 Å². The van der Waals surface area contributed by atoms with Gasteiger partial charge in [-0.25, -0.2) is 0 Å². The second-order valence-corrected chi connectivity index (χ2v) is 3.25. The predicted molar refractivity (Wildman–Crippen MR) is 58.3 cm³/mol. The summed E-state index contributed by atoms with van der Waals surface area (Å²) in [5, 5.41) is 2.70. The number of rotatable bonds is 8. The number of hydrogen-bond acceptors (Lipinski definition) is 3. The number of amides is 1. The van der Waals surface area contributed by atoms with Crippen molar-refractivity contribution in [1.29, 1.82) is 0 Å². The molecule has 0 aliphatic heterocycles. The maximum atomic E-state index is 10.7. The van der Waals surface area contributed by atoms with Gasteiger partial charge in [-0.3, -0.25) is 9.59 Å². The molecule has 0 fully saturated rings. The highest BCUT2D eigenvalue weighted by atomic mass is 16.5. The van der Waals surface area contributed by atoms with Crippen molar-refractivity contribution in [2.75, 3.05) is 13.2 Å². The quantitative estimate of drug-likeness (QED) is 0.377. The SMILES string of the molecule is C=CC(=O)NCCCCCCOC(C)=O. The van der Waals surface area contributed by atoms with Gasteiger partial charge in [0, 0.05) is 13.5 Å². The molecule has 86 valence electrons. The Kier molecular flexibility index (Phi) is 8.43. The van der Waals surface area contributed by atoms with Gasteiger partial charge in [0.25, 0.3) is 0 Å². The third-order valence-electron chi connectivity index (χ3n) is 1.86. The molecule has 0 aliphatic rings. The molecule has 0 saturated carbocycles. The molecule has 0 spiro atoms. The molecule has 0 unspecified atom stereocenters. The second kappa shape index (κ2) is 9.24. The van der Waals surface area contributed by atoms with E-state index < -0.39 is 0 Å². The van der Waals surface area contributed by atoms with Crippen molar-refractivity contribution in [2.45, 2.75) is 32.6 Å². The minimum atomic E-state index is -0.228. The van der Waals surface area contributed by atoms with Gasteiger partial charge in [0.2, 0.25) is 5.91 Å².